The van der Waals surface area contributed by atoms with Crippen molar-refractivity contribution in [1.29, 1.82) is 0 Å². The van der Waals surface area contributed by atoms with Crippen LogP contribution in [0.3, 0.4) is 0 Å². The molecule has 5 aromatic rings. The maximum atomic E-state index is 16.7. The van der Waals surface area contributed by atoms with Gasteiger partial charge in [-0.05, 0) is 96.9 Å². The molecule has 1 saturated carbocycles. The van der Waals surface area contributed by atoms with Gasteiger partial charge in [-0.2, -0.15) is 8.78 Å². The number of nitrogens with one attached hydrogen (secondary N) is 4. The first kappa shape index (κ1) is 46.9. The first-order chi connectivity index (χ1) is 31.8. The zero-order valence-corrected chi connectivity index (χ0v) is 39.6. The highest BCUT2D eigenvalue weighted by molar-refractivity contribution is 5.89. The number of carbonyl (C=O) groups excluding carboxylic acids is 4. The van der Waals surface area contributed by atoms with Crippen LogP contribution in [0.1, 0.15) is 103 Å². The van der Waals surface area contributed by atoms with E-state index in [-0.39, 0.29) is 52.2 Å². The van der Waals surface area contributed by atoms with Crippen LogP contribution in [0.25, 0.3) is 44.5 Å². The van der Waals surface area contributed by atoms with E-state index < -0.39 is 36.2 Å². The second-order valence-corrected chi connectivity index (χ2v) is 19.2. The van der Waals surface area contributed by atoms with E-state index in [1.54, 1.807) is 34.2 Å². The number of halogens is 2. The third kappa shape index (κ3) is 8.66. The summed E-state index contributed by atoms with van der Waals surface area (Å²) >= 11 is 0. The van der Waals surface area contributed by atoms with Gasteiger partial charge in [-0.15, -0.1) is 0 Å². The lowest BCUT2D eigenvalue weighted by Gasteiger charge is -2.37. The van der Waals surface area contributed by atoms with Crippen LogP contribution in [0.2, 0.25) is 0 Å². The summed E-state index contributed by atoms with van der Waals surface area (Å²) in [6.07, 6.45) is 2.95. The molecule has 2 fully saturated rings. The number of carbonyl (C=O) groups is 4. The van der Waals surface area contributed by atoms with E-state index in [0.29, 0.717) is 75.7 Å². The Morgan fingerprint density at radius 2 is 1.45 bits per heavy atom. The van der Waals surface area contributed by atoms with E-state index in [1.807, 2.05) is 78.8 Å². The number of alkyl carbamates (subject to hydrolysis) is 2. The summed E-state index contributed by atoms with van der Waals surface area (Å²) in [7, 11) is 2.51. The molecule has 5 atom stereocenters. The van der Waals surface area contributed by atoms with Crippen LogP contribution < -0.4 is 10.6 Å². The lowest BCUT2D eigenvalue weighted by atomic mass is 9.91. The topological polar surface area (TPSA) is 175 Å². The Bertz CT molecular complexity index is 2760. The van der Waals surface area contributed by atoms with Crippen molar-refractivity contribution in [2.75, 3.05) is 27.3 Å². The van der Waals surface area contributed by atoms with Gasteiger partial charge >= 0.3 is 12.2 Å². The molecule has 3 aliphatic rings. The number of imidazole rings is 2. The zero-order valence-electron chi connectivity index (χ0n) is 39.6. The number of aromatic nitrogens is 4. The fourth-order valence-electron chi connectivity index (χ4n) is 9.81. The van der Waals surface area contributed by atoms with Gasteiger partial charge in [0.15, 0.2) is 0 Å². The van der Waals surface area contributed by atoms with Crippen LogP contribution in [0.5, 0.6) is 0 Å². The van der Waals surface area contributed by atoms with Crippen molar-refractivity contribution >= 4 is 35.0 Å². The van der Waals surface area contributed by atoms with E-state index in [1.165, 1.54) is 20.3 Å². The van der Waals surface area contributed by atoms with E-state index in [0.717, 1.165) is 18.4 Å². The number of fused-ring (bicyclic) bond motifs is 4. The number of H-pyrrole nitrogens is 2. The van der Waals surface area contributed by atoms with Gasteiger partial charge in [-0.1, -0.05) is 77.1 Å². The number of rotatable bonds is 14. The minimum Gasteiger partial charge on any atom is -0.453 e. The first-order valence-electron chi connectivity index (χ1n) is 23.0. The molecule has 354 valence electrons. The number of ether oxygens (including phenoxy) is 2. The summed E-state index contributed by atoms with van der Waals surface area (Å²) in [6.45, 7) is 18.3. The number of benzene rings is 3. The molecule has 67 heavy (non-hydrogen) atoms. The third-order valence-corrected chi connectivity index (χ3v) is 14.1. The van der Waals surface area contributed by atoms with Crippen LogP contribution in [-0.2, 0) is 25.0 Å². The Labute approximate surface area is 389 Å². The molecule has 4 amide bonds. The van der Waals surface area contributed by atoms with Crippen molar-refractivity contribution < 1.29 is 37.4 Å². The lowest BCUT2D eigenvalue weighted by Crippen LogP contribution is -2.53. The van der Waals surface area contributed by atoms with Gasteiger partial charge in [0, 0.05) is 35.7 Å². The summed E-state index contributed by atoms with van der Waals surface area (Å²) in [5.41, 5.74) is 5.21. The van der Waals surface area contributed by atoms with Gasteiger partial charge in [-0.25, -0.2) is 19.6 Å². The maximum absolute atomic E-state index is 16.7. The molecule has 4 N–H and O–H groups in total. The van der Waals surface area contributed by atoms with Crippen LogP contribution >= 0.6 is 0 Å². The van der Waals surface area contributed by atoms with Gasteiger partial charge < -0.3 is 39.9 Å². The van der Waals surface area contributed by atoms with Crippen molar-refractivity contribution in [2.45, 2.75) is 97.8 Å². The molecule has 1 saturated heterocycles. The maximum Gasteiger partial charge on any atom is 0.407 e. The van der Waals surface area contributed by atoms with Gasteiger partial charge in [0.2, 0.25) is 11.8 Å². The molecule has 16 heteroatoms. The van der Waals surface area contributed by atoms with Crippen molar-refractivity contribution in [1.82, 2.24) is 40.4 Å². The molecule has 2 aliphatic carbocycles. The van der Waals surface area contributed by atoms with Gasteiger partial charge in [0.1, 0.15) is 23.7 Å². The lowest BCUT2D eigenvalue weighted by molar-refractivity contribution is -0.138. The quantitative estimate of drug-likeness (QED) is 0.0797. The summed E-state index contributed by atoms with van der Waals surface area (Å²) in [5.74, 6) is -3.35. The highest BCUT2D eigenvalue weighted by atomic mass is 19.3. The van der Waals surface area contributed by atoms with Gasteiger partial charge in [0.05, 0.1) is 49.2 Å². The molecule has 0 unspecified atom stereocenters. The highest BCUT2D eigenvalue weighted by Gasteiger charge is 2.55. The first-order valence-corrected chi connectivity index (χ1v) is 23.0. The van der Waals surface area contributed by atoms with Crippen LogP contribution in [0.4, 0.5) is 18.4 Å². The number of amides is 4. The second kappa shape index (κ2) is 17.9. The van der Waals surface area contributed by atoms with Crippen molar-refractivity contribution in [3.8, 4) is 33.5 Å². The predicted octanol–water partition coefficient (Wildman–Crippen LogP) is 9.66. The molecule has 3 aromatic carbocycles. The van der Waals surface area contributed by atoms with E-state index >= 15 is 8.78 Å². The van der Waals surface area contributed by atoms with Crippen LogP contribution in [0, 0.1) is 23.2 Å². The average Bonchev–Trinajstić information content (AvgIpc) is 3.62. The molecule has 0 radical (unpaired) electrons. The number of hydrogen-bond donors (Lipinski definition) is 4. The predicted molar refractivity (Wildman–Crippen MR) is 251 cm³/mol. The Balaban J connectivity index is 1.05. The monoisotopic (exact) mass is 918 g/mol. The summed E-state index contributed by atoms with van der Waals surface area (Å²) < 4.78 is 43.1. The van der Waals surface area contributed by atoms with E-state index in [2.05, 4.69) is 27.2 Å². The number of hydrogen-bond acceptors (Lipinski definition) is 8. The number of alkyl halides is 2. The second-order valence-electron chi connectivity index (χ2n) is 19.2. The smallest absolute Gasteiger partial charge is 0.407 e. The number of likely N-dealkylation sites (tertiary alicyclic amines) is 1. The van der Waals surface area contributed by atoms with Crippen molar-refractivity contribution in [2.24, 2.45) is 23.2 Å². The third-order valence-electron chi connectivity index (χ3n) is 14.1. The highest BCUT2D eigenvalue weighted by Crippen LogP contribution is 2.59. The molecule has 2 aromatic heterocycles. The Kier molecular flexibility index (Phi) is 12.5. The largest absolute Gasteiger partial charge is 0.453 e. The van der Waals surface area contributed by atoms with Gasteiger partial charge in [-0.3, -0.25) is 9.59 Å². The molecule has 8 rings (SSSR count). The normalized spacial score (nSPS) is 18.3. The van der Waals surface area contributed by atoms with E-state index in [9.17, 15) is 19.2 Å². The minimum absolute atomic E-state index is 0.00208. The number of aromatic amines is 2. The number of likely N-dealkylation sites (N-methyl/N-ethyl adjacent to an activating group) is 1. The average molecular weight is 919 g/mol. The van der Waals surface area contributed by atoms with E-state index in [4.69, 9.17) is 19.4 Å². The number of methoxy groups -OCH3 is 2. The Morgan fingerprint density at radius 1 is 0.866 bits per heavy atom. The van der Waals surface area contributed by atoms with Crippen molar-refractivity contribution in [3.63, 3.8) is 0 Å². The number of nitrogens with zero attached hydrogens (tertiary/aromatic N) is 4. The molecule has 0 bridgehead atoms. The molecular formula is C51H60F2N8O6. The summed E-state index contributed by atoms with van der Waals surface area (Å²) in [6, 6.07) is 13.2. The molecule has 1 spiro atoms. The van der Waals surface area contributed by atoms with Crippen molar-refractivity contribution in [3.05, 3.63) is 95.7 Å². The SMILES string of the molecule is C=C(C)[C@H](C)[C@@H](c1nc2ccc(-c3ccc4c(c3)C(F)(F)c3cc(-c5cnc([C@H]6CC7(CC7)CN6C(=O)[C@@H](NC(=O)OC)C(C)C)[nH]5)ccc3-4)cc2[nH]1)N(CC)C(=O)[C@@H](NC(=O)OC)C(C)C. The molecule has 3 heterocycles. The molecule has 14 nitrogen and oxygen atoms in total. The van der Waals surface area contributed by atoms with Crippen LogP contribution in [-0.4, -0.2) is 93.1 Å². The molecule has 1 aliphatic heterocycles. The Morgan fingerprint density at radius 3 is 2.03 bits per heavy atom. The Hall–Kier alpha value is -6.58. The molecular weight excluding hydrogens is 859 g/mol. The standard InChI is InChI=1S/C51H60F2N8O6/c1-11-60(46(62)41(27(4)5)58-48(64)66-9)43(29(8)26(2)3)45-55-37-17-14-31(22-38(37)56-45)30-12-15-33-34-16-13-32(21-36(34)51(52,53)35(33)20-30)39-24-54-44(57-39)40-23-50(18-19-50)25-61(40)47(63)42(28(6)7)59-49(65)67-10/h12-17,20-22,24,27-29,40-43H,2,11,18-19,23,25H2,1,3-10H3,(H,54,57)(H,55,56)(H,58,64)(H,59,65)/t29-,40+,41-,42-,43-/m0/s1. The van der Waals surface area contributed by atoms with Gasteiger partial charge in [0.25, 0.3) is 5.92 Å². The fraction of sp³-hybridized carbons (Fsp3) is 0.451. The fourth-order valence-corrected chi connectivity index (χ4v) is 9.81. The summed E-state index contributed by atoms with van der Waals surface area (Å²) in [5, 5.41) is 5.39. The summed E-state index contributed by atoms with van der Waals surface area (Å²) in [4.78, 5) is 72.5. The van der Waals surface area contributed by atoms with Crippen LogP contribution in [0.15, 0.2) is 72.9 Å². The minimum atomic E-state index is -3.31. The zero-order chi connectivity index (χ0) is 48.3.